The van der Waals surface area contributed by atoms with E-state index in [1.807, 2.05) is 31.2 Å². The smallest absolute Gasteiger partial charge is 0.292 e. The van der Waals surface area contributed by atoms with Gasteiger partial charge in [0.05, 0.1) is 6.54 Å². The molecule has 0 radical (unpaired) electrons. The molecule has 0 atom stereocenters. The van der Waals surface area contributed by atoms with Crippen molar-refractivity contribution in [2.45, 2.75) is 6.92 Å². The highest BCUT2D eigenvalue weighted by molar-refractivity contribution is 6.30. The summed E-state index contributed by atoms with van der Waals surface area (Å²) in [6.07, 6.45) is 0. The molecule has 1 aromatic heterocycles. The monoisotopic (exact) mass is 370 g/mol. The Labute approximate surface area is 157 Å². The lowest BCUT2D eigenvalue weighted by Crippen LogP contribution is -2.30. The van der Waals surface area contributed by atoms with Gasteiger partial charge in [0, 0.05) is 23.7 Å². The summed E-state index contributed by atoms with van der Waals surface area (Å²) >= 11 is 5.83. The first-order valence-electron chi connectivity index (χ1n) is 8.20. The molecule has 2 aromatic carbocycles. The van der Waals surface area contributed by atoms with Crippen LogP contribution in [0.3, 0.4) is 0 Å². The van der Waals surface area contributed by atoms with Crippen molar-refractivity contribution in [1.29, 1.82) is 0 Å². The Morgan fingerprint density at radius 3 is 2.54 bits per heavy atom. The molecule has 0 spiro atoms. The summed E-state index contributed by atoms with van der Waals surface area (Å²) in [4.78, 5) is 14.0. The van der Waals surface area contributed by atoms with Crippen LogP contribution in [0.15, 0.2) is 59.1 Å². The number of nitrogens with zero attached hydrogens (tertiary/aromatic N) is 2. The summed E-state index contributed by atoms with van der Waals surface area (Å²) in [5.41, 5.74) is 2.71. The summed E-state index contributed by atoms with van der Waals surface area (Å²) < 4.78 is 10.8. The van der Waals surface area contributed by atoms with Crippen molar-refractivity contribution >= 4 is 17.5 Å². The maximum Gasteiger partial charge on any atom is 0.292 e. The number of hydrogen-bond donors (Lipinski definition) is 0. The molecule has 3 rings (SSSR count). The molecule has 0 aliphatic heterocycles. The Kier molecular flexibility index (Phi) is 5.58. The summed E-state index contributed by atoms with van der Waals surface area (Å²) in [6, 6.07) is 16.6. The lowest BCUT2D eigenvalue weighted by molar-refractivity contribution is 0.0732. The van der Waals surface area contributed by atoms with Gasteiger partial charge >= 0.3 is 0 Å². The highest BCUT2D eigenvalue weighted by Gasteiger charge is 2.18. The molecule has 1 amide bonds. The molecular formula is C20H19ClN2O3. The van der Waals surface area contributed by atoms with E-state index in [0.29, 0.717) is 29.6 Å². The van der Waals surface area contributed by atoms with Crippen molar-refractivity contribution in [3.05, 3.63) is 70.9 Å². The van der Waals surface area contributed by atoms with E-state index in [1.165, 1.54) is 4.90 Å². The fourth-order valence-corrected chi connectivity index (χ4v) is 2.48. The Hall–Kier alpha value is -2.79. The molecule has 0 N–H and O–H groups in total. The van der Waals surface area contributed by atoms with Crippen LogP contribution < -0.4 is 4.74 Å². The van der Waals surface area contributed by atoms with Crippen molar-refractivity contribution in [2.24, 2.45) is 0 Å². The van der Waals surface area contributed by atoms with E-state index in [9.17, 15) is 4.79 Å². The van der Waals surface area contributed by atoms with Crippen LogP contribution in [0.25, 0.3) is 11.3 Å². The topological polar surface area (TPSA) is 55.6 Å². The fraction of sp³-hybridized carbons (Fsp3) is 0.200. The van der Waals surface area contributed by atoms with Crippen molar-refractivity contribution in [3.63, 3.8) is 0 Å². The summed E-state index contributed by atoms with van der Waals surface area (Å²) in [6.45, 7) is 2.80. The lowest BCUT2D eigenvalue weighted by atomic mass is 10.1. The molecule has 0 aliphatic carbocycles. The molecule has 0 saturated carbocycles. The van der Waals surface area contributed by atoms with Crippen LogP contribution in [0.4, 0.5) is 0 Å². The Bertz CT molecular complexity index is 873. The Morgan fingerprint density at radius 1 is 1.15 bits per heavy atom. The molecule has 3 aromatic rings. The minimum atomic E-state index is -0.240. The zero-order valence-electron chi connectivity index (χ0n) is 14.6. The molecule has 6 heteroatoms. The predicted molar refractivity (Wildman–Crippen MR) is 101 cm³/mol. The van der Waals surface area contributed by atoms with E-state index in [0.717, 1.165) is 11.1 Å². The summed E-state index contributed by atoms with van der Waals surface area (Å²) in [7, 11) is 1.70. The highest BCUT2D eigenvalue weighted by Crippen LogP contribution is 2.20. The van der Waals surface area contributed by atoms with Crippen molar-refractivity contribution in [3.8, 4) is 17.0 Å². The van der Waals surface area contributed by atoms with Crippen LogP contribution in [0.5, 0.6) is 5.75 Å². The van der Waals surface area contributed by atoms with E-state index in [-0.39, 0.29) is 11.7 Å². The quantitative estimate of drug-likeness (QED) is 0.643. The van der Waals surface area contributed by atoms with Gasteiger partial charge in [0.1, 0.15) is 18.1 Å². The number of hydrogen-bond acceptors (Lipinski definition) is 4. The predicted octanol–water partition coefficient (Wildman–Crippen LogP) is 4.45. The van der Waals surface area contributed by atoms with E-state index in [4.69, 9.17) is 20.9 Å². The third-order valence-corrected chi connectivity index (χ3v) is 4.18. The van der Waals surface area contributed by atoms with Gasteiger partial charge in [-0.1, -0.05) is 46.6 Å². The van der Waals surface area contributed by atoms with Gasteiger partial charge in [-0.3, -0.25) is 4.79 Å². The number of likely N-dealkylation sites (N-methyl/N-ethyl adjacent to an activating group) is 1. The Morgan fingerprint density at radius 2 is 1.85 bits per heavy atom. The van der Waals surface area contributed by atoms with Gasteiger partial charge in [-0.25, -0.2) is 0 Å². The second kappa shape index (κ2) is 8.06. The molecule has 26 heavy (non-hydrogen) atoms. The normalized spacial score (nSPS) is 10.6. The first kappa shape index (κ1) is 18.0. The van der Waals surface area contributed by atoms with Crippen LogP contribution in [0.1, 0.15) is 16.1 Å². The second-order valence-electron chi connectivity index (χ2n) is 5.97. The van der Waals surface area contributed by atoms with Gasteiger partial charge in [0.15, 0.2) is 0 Å². The van der Waals surface area contributed by atoms with E-state index in [2.05, 4.69) is 5.16 Å². The molecule has 0 bridgehead atoms. The minimum Gasteiger partial charge on any atom is -0.492 e. The number of ether oxygens (including phenoxy) is 1. The van der Waals surface area contributed by atoms with E-state index < -0.39 is 0 Å². The average molecular weight is 371 g/mol. The summed E-state index contributed by atoms with van der Waals surface area (Å²) in [5.74, 6) is 0.668. The van der Waals surface area contributed by atoms with Gasteiger partial charge in [-0.2, -0.15) is 0 Å². The molecular weight excluding hydrogens is 352 g/mol. The maximum absolute atomic E-state index is 12.4. The van der Waals surface area contributed by atoms with Gasteiger partial charge in [0.2, 0.25) is 5.76 Å². The van der Waals surface area contributed by atoms with Crippen LogP contribution in [0, 0.1) is 6.92 Å². The zero-order valence-corrected chi connectivity index (χ0v) is 15.4. The number of benzene rings is 2. The van der Waals surface area contributed by atoms with Crippen molar-refractivity contribution < 1.29 is 14.1 Å². The number of rotatable bonds is 6. The standard InChI is InChI=1S/C20H19ClN2O3/c1-14-3-5-15(6-4-14)18-13-19(26-22-18)20(24)23(2)11-12-25-17-9-7-16(21)8-10-17/h3-10,13H,11-12H2,1-2H3. The Balaban J connectivity index is 1.56. The number of carbonyl (C=O) groups excluding carboxylic acids is 1. The van der Waals surface area contributed by atoms with Gasteiger partial charge in [0.25, 0.3) is 5.91 Å². The van der Waals surface area contributed by atoms with Crippen molar-refractivity contribution in [1.82, 2.24) is 10.1 Å². The van der Waals surface area contributed by atoms with Crippen LogP contribution in [0.2, 0.25) is 5.02 Å². The number of carbonyl (C=O) groups is 1. The lowest BCUT2D eigenvalue weighted by Gasteiger charge is -2.15. The fourth-order valence-electron chi connectivity index (χ4n) is 2.36. The molecule has 0 saturated heterocycles. The van der Waals surface area contributed by atoms with Crippen LogP contribution in [-0.2, 0) is 0 Å². The number of aryl methyl sites for hydroxylation is 1. The molecule has 0 aliphatic rings. The largest absolute Gasteiger partial charge is 0.492 e. The third kappa shape index (κ3) is 4.43. The van der Waals surface area contributed by atoms with E-state index >= 15 is 0 Å². The number of amides is 1. The molecule has 1 heterocycles. The number of halogens is 1. The number of aromatic nitrogens is 1. The van der Waals surface area contributed by atoms with Crippen LogP contribution >= 0.6 is 11.6 Å². The van der Waals surface area contributed by atoms with Crippen molar-refractivity contribution in [2.75, 3.05) is 20.2 Å². The summed E-state index contributed by atoms with van der Waals surface area (Å²) in [5, 5.41) is 4.64. The maximum atomic E-state index is 12.4. The van der Waals surface area contributed by atoms with Gasteiger partial charge < -0.3 is 14.2 Å². The van der Waals surface area contributed by atoms with Crippen LogP contribution in [-0.4, -0.2) is 36.2 Å². The third-order valence-electron chi connectivity index (χ3n) is 3.92. The van der Waals surface area contributed by atoms with Gasteiger partial charge in [-0.15, -0.1) is 0 Å². The average Bonchev–Trinajstić information content (AvgIpc) is 3.13. The van der Waals surface area contributed by atoms with Gasteiger partial charge in [-0.05, 0) is 31.2 Å². The molecule has 5 nitrogen and oxygen atoms in total. The SMILES string of the molecule is Cc1ccc(-c2cc(C(=O)N(C)CCOc3ccc(Cl)cc3)on2)cc1. The highest BCUT2D eigenvalue weighted by atomic mass is 35.5. The zero-order chi connectivity index (χ0) is 18.5. The molecule has 134 valence electrons. The molecule has 0 fully saturated rings. The first-order valence-corrected chi connectivity index (χ1v) is 8.58. The minimum absolute atomic E-state index is 0.203. The first-order chi connectivity index (χ1) is 12.5. The molecule has 0 unspecified atom stereocenters. The second-order valence-corrected chi connectivity index (χ2v) is 6.41. The van der Waals surface area contributed by atoms with E-state index in [1.54, 1.807) is 37.4 Å².